The van der Waals surface area contributed by atoms with Gasteiger partial charge < -0.3 is 4.43 Å². The van der Waals surface area contributed by atoms with Crippen LogP contribution in [0, 0.1) is 0 Å². The number of alkyl halides is 2. The van der Waals surface area contributed by atoms with Gasteiger partial charge in [-0.15, -0.1) is 0 Å². The van der Waals surface area contributed by atoms with Gasteiger partial charge in [0.05, 0.1) is 0 Å². The Balaban J connectivity index is 2.13. The van der Waals surface area contributed by atoms with Crippen LogP contribution in [0.3, 0.4) is 0 Å². The Morgan fingerprint density at radius 3 is 1.76 bits per heavy atom. The summed E-state index contributed by atoms with van der Waals surface area (Å²) in [4.78, 5) is 0. The van der Waals surface area contributed by atoms with Crippen LogP contribution >= 0.6 is 15.9 Å². The average Bonchev–Trinajstić information content (AvgIpc) is 2.53. The van der Waals surface area contributed by atoms with E-state index in [-0.39, 0.29) is 10.6 Å². The molecule has 0 unspecified atom stereocenters. The highest BCUT2D eigenvalue weighted by atomic mass is 79.9. The quantitative estimate of drug-likeness (QED) is 0.458. The molecule has 2 rings (SSSR count). The monoisotopic (exact) mass is 426 g/mol. The topological polar surface area (TPSA) is 9.23 Å². The van der Waals surface area contributed by atoms with E-state index in [2.05, 4.69) is 15.9 Å². The van der Waals surface area contributed by atoms with Crippen LogP contribution in [-0.4, -0.2) is 14.9 Å². The summed E-state index contributed by atoms with van der Waals surface area (Å²) in [5, 5.41) is -0.0888. The lowest BCUT2D eigenvalue weighted by atomic mass is 10.0. The van der Waals surface area contributed by atoms with Crippen LogP contribution in [0.15, 0.2) is 53.0 Å². The van der Waals surface area contributed by atoms with Crippen LogP contribution in [0.25, 0.3) is 11.1 Å². The fourth-order valence-corrected chi connectivity index (χ4v) is 3.36. The Morgan fingerprint density at radius 1 is 0.880 bits per heavy atom. The molecule has 0 aliphatic rings. The molecular weight excluding hydrogens is 402 g/mol. The Hall–Kier alpha value is -1.04. The van der Waals surface area contributed by atoms with Gasteiger partial charge in [-0.2, -0.15) is 8.78 Å². The predicted molar refractivity (Wildman–Crippen MR) is 107 cm³/mol. The van der Waals surface area contributed by atoms with Crippen molar-refractivity contribution in [3.05, 3.63) is 58.6 Å². The third kappa shape index (κ3) is 4.99. The van der Waals surface area contributed by atoms with Crippen LogP contribution in [0.1, 0.15) is 26.3 Å². The van der Waals surface area contributed by atoms with Gasteiger partial charge in [0.2, 0.25) is 0 Å². The maximum atomic E-state index is 14.6. The predicted octanol–water partition coefficient (Wildman–Crippen LogP) is 7.23. The molecule has 0 bridgehead atoms. The number of halogens is 3. The number of hydrogen-bond acceptors (Lipinski definition) is 1. The molecule has 0 saturated carbocycles. The maximum Gasteiger partial charge on any atom is 0.294 e. The van der Waals surface area contributed by atoms with Gasteiger partial charge in [-0.05, 0) is 41.4 Å². The van der Waals surface area contributed by atoms with Crippen molar-refractivity contribution in [2.45, 2.75) is 44.8 Å². The van der Waals surface area contributed by atoms with E-state index in [1.807, 2.05) is 58.1 Å². The van der Waals surface area contributed by atoms with Crippen LogP contribution in [-0.2, 0) is 10.3 Å². The van der Waals surface area contributed by atoms with Gasteiger partial charge in [0.15, 0.2) is 8.32 Å². The van der Waals surface area contributed by atoms with Crippen LogP contribution in [0.2, 0.25) is 18.1 Å². The highest BCUT2D eigenvalue weighted by Crippen LogP contribution is 2.39. The minimum atomic E-state index is -2.99. The van der Waals surface area contributed by atoms with Crippen molar-refractivity contribution >= 4 is 24.2 Å². The van der Waals surface area contributed by atoms with E-state index in [1.165, 1.54) is 12.1 Å². The minimum absolute atomic E-state index is 0.00734. The first-order valence-electron chi connectivity index (χ1n) is 8.31. The Kier molecular flexibility index (Phi) is 5.91. The van der Waals surface area contributed by atoms with E-state index < -0.39 is 20.8 Å². The zero-order chi connectivity index (χ0) is 18.9. The van der Waals surface area contributed by atoms with E-state index >= 15 is 0 Å². The number of benzene rings is 2. The van der Waals surface area contributed by atoms with Crippen molar-refractivity contribution in [1.82, 2.24) is 0 Å². The van der Waals surface area contributed by atoms with E-state index in [0.717, 1.165) is 15.6 Å². The SMILES string of the molecule is CC(C)(C)[Si](C)(C)OCC(F)(F)c1ccc(-c2ccc(Br)cc2)cc1. The molecule has 0 heterocycles. The smallest absolute Gasteiger partial charge is 0.294 e. The minimum Gasteiger partial charge on any atom is -0.410 e. The first kappa shape index (κ1) is 20.3. The molecular formula is C20H25BrF2OSi. The first-order chi connectivity index (χ1) is 11.4. The third-order valence-electron chi connectivity index (χ3n) is 4.91. The zero-order valence-electron chi connectivity index (χ0n) is 15.4. The van der Waals surface area contributed by atoms with Crippen molar-refractivity contribution in [3.63, 3.8) is 0 Å². The van der Waals surface area contributed by atoms with Gasteiger partial charge in [-0.3, -0.25) is 0 Å². The van der Waals surface area contributed by atoms with Crippen LogP contribution < -0.4 is 0 Å². The molecule has 0 fully saturated rings. The molecule has 1 nitrogen and oxygen atoms in total. The van der Waals surface area contributed by atoms with E-state index in [9.17, 15) is 8.78 Å². The highest BCUT2D eigenvalue weighted by Gasteiger charge is 2.41. The van der Waals surface area contributed by atoms with E-state index in [0.29, 0.717) is 0 Å². The molecule has 25 heavy (non-hydrogen) atoms. The second kappa shape index (κ2) is 7.29. The third-order valence-corrected chi connectivity index (χ3v) is 9.91. The molecule has 0 spiro atoms. The maximum absolute atomic E-state index is 14.6. The molecule has 2 aromatic carbocycles. The molecule has 5 heteroatoms. The number of hydrogen-bond donors (Lipinski definition) is 0. The summed E-state index contributed by atoms with van der Waals surface area (Å²) >= 11 is 3.39. The molecule has 0 aliphatic heterocycles. The second-order valence-electron chi connectivity index (χ2n) is 7.84. The lowest BCUT2D eigenvalue weighted by molar-refractivity contribution is -0.0508. The summed E-state index contributed by atoms with van der Waals surface area (Å²) < 4.78 is 35.8. The van der Waals surface area contributed by atoms with Crippen molar-refractivity contribution in [2.24, 2.45) is 0 Å². The molecule has 0 N–H and O–H groups in total. The molecule has 2 aromatic rings. The summed E-state index contributed by atoms with van der Waals surface area (Å²) in [6, 6.07) is 14.2. The lowest BCUT2D eigenvalue weighted by Crippen LogP contribution is -2.43. The summed E-state index contributed by atoms with van der Waals surface area (Å²) in [5.41, 5.74) is 1.90. The molecule has 0 atom stereocenters. The first-order valence-corrected chi connectivity index (χ1v) is 12.0. The van der Waals surface area contributed by atoms with Crippen molar-refractivity contribution in [1.29, 1.82) is 0 Å². The fraction of sp³-hybridized carbons (Fsp3) is 0.400. The van der Waals surface area contributed by atoms with Gasteiger partial charge in [0.1, 0.15) is 6.61 Å². The molecule has 0 radical (unpaired) electrons. The van der Waals surface area contributed by atoms with Gasteiger partial charge in [0, 0.05) is 10.0 Å². The average molecular weight is 427 g/mol. The summed E-state index contributed by atoms with van der Waals surface area (Å²) in [5.74, 6) is -2.99. The van der Waals surface area contributed by atoms with Gasteiger partial charge in [-0.25, -0.2) is 0 Å². The van der Waals surface area contributed by atoms with Crippen molar-refractivity contribution in [2.75, 3.05) is 6.61 Å². The van der Waals surface area contributed by atoms with Crippen LogP contribution in [0.5, 0.6) is 0 Å². The fourth-order valence-electron chi connectivity index (χ4n) is 2.12. The second-order valence-corrected chi connectivity index (χ2v) is 13.6. The molecule has 136 valence electrons. The van der Waals surface area contributed by atoms with E-state index in [1.54, 1.807) is 12.1 Å². The molecule has 0 aliphatic carbocycles. The summed E-state index contributed by atoms with van der Waals surface area (Å²) in [7, 11) is -2.20. The van der Waals surface area contributed by atoms with Crippen molar-refractivity contribution < 1.29 is 13.2 Å². The van der Waals surface area contributed by atoms with Gasteiger partial charge in [-0.1, -0.05) is 73.1 Å². The molecule has 0 amide bonds. The van der Waals surface area contributed by atoms with Gasteiger partial charge in [0.25, 0.3) is 5.92 Å². The normalized spacial score (nSPS) is 13.1. The number of rotatable bonds is 5. The Bertz CT molecular complexity index is 704. The Labute approximate surface area is 158 Å². The zero-order valence-corrected chi connectivity index (χ0v) is 18.0. The molecule has 0 aromatic heterocycles. The highest BCUT2D eigenvalue weighted by molar-refractivity contribution is 9.10. The summed E-state index contributed by atoms with van der Waals surface area (Å²) in [6.45, 7) is 9.54. The lowest BCUT2D eigenvalue weighted by Gasteiger charge is -2.37. The Morgan fingerprint density at radius 2 is 1.32 bits per heavy atom. The van der Waals surface area contributed by atoms with Gasteiger partial charge >= 0.3 is 0 Å². The standard InChI is InChI=1S/C20H25BrF2OSi/c1-19(2,3)25(4,5)24-14-20(22,23)17-10-6-15(7-11-17)16-8-12-18(21)13-9-16/h6-13H,14H2,1-5H3. The van der Waals surface area contributed by atoms with E-state index in [4.69, 9.17) is 4.43 Å². The largest absolute Gasteiger partial charge is 0.410 e. The van der Waals surface area contributed by atoms with Crippen LogP contribution in [0.4, 0.5) is 8.78 Å². The molecule has 0 saturated heterocycles. The van der Waals surface area contributed by atoms with Crippen molar-refractivity contribution in [3.8, 4) is 11.1 Å². The summed E-state index contributed by atoms with van der Waals surface area (Å²) in [6.07, 6.45) is 0.